The van der Waals surface area contributed by atoms with Gasteiger partial charge in [-0.15, -0.1) is 13.2 Å². The van der Waals surface area contributed by atoms with E-state index in [1.165, 1.54) is 5.56 Å². The normalized spacial score (nSPS) is 11.6. The molecule has 1 aromatic carbocycles. The SMILES string of the molecule is C=CCN(CC=C)C(=O)CNC(C)c1ccccc1. The summed E-state index contributed by atoms with van der Waals surface area (Å²) in [6.45, 7) is 10.8. The molecule has 0 saturated heterocycles. The number of benzene rings is 1. The van der Waals surface area contributed by atoms with Crippen molar-refractivity contribution < 1.29 is 4.79 Å². The number of carbonyl (C=O) groups is 1. The summed E-state index contributed by atoms with van der Waals surface area (Å²) in [6.07, 6.45) is 3.45. The molecule has 1 N–H and O–H groups in total. The van der Waals surface area contributed by atoms with Crippen LogP contribution >= 0.6 is 0 Å². The Morgan fingerprint density at radius 2 is 1.84 bits per heavy atom. The lowest BCUT2D eigenvalue weighted by Crippen LogP contribution is -2.39. The average Bonchev–Trinajstić information content (AvgIpc) is 2.45. The zero-order chi connectivity index (χ0) is 14.1. The maximum absolute atomic E-state index is 12.0. The minimum Gasteiger partial charge on any atom is -0.334 e. The summed E-state index contributed by atoms with van der Waals surface area (Å²) < 4.78 is 0. The molecular weight excluding hydrogens is 236 g/mol. The summed E-state index contributed by atoms with van der Waals surface area (Å²) in [5.74, 6) is 0.0579. The highest BCUT2D eigenvalue weighted by molar-refractivity contribution is 5.78. The third-order valence-electron chi connectivity index (χ3n) is 2.91. The van der Waals surface area contributed by atoms with Crippen LogP contribution in [0.5, 0.6) is 0 Å². The standard InChI is InChI=1S/C16H22N2O/c1-4-11-18(12-5-2)16(19)13-17-14(3)15-9-7-6-8-10-15/h4-10,14,17H,1-2,11-13H2,3H3. The first-order valence-corrected chi connectivity index (χ1v) is 6.47. The maximum atomic E-state index is 12.0. The fraction of sp³-hybridized carbons (Fsp3) is 0.312. The summed E-state index contributed by atoms with van der Waals surface area (Å²) in [6, 6.07) is 10.2. The Labute approximate surface area is 115 Å². The number of rotatable bonds is 8. The van der Waals surface area contributed by atoms with Gasteiger partial charge in [0.1, 0.15) is 0 Å². The van der Waals surface area contributed by atoms with E-state index in [9.17, 15) is 4.79 Å². The van der Waals surface area contributed by atoms with Gasteiger partial charge in [-0.1, -0.05) is 42.5 Å². The molecule has 0 aliphatic rings. The highest BCUT2D eigenvalue weighted by Crippen LogP contribution is 2.10. The molecule has 102 valence electrons. The van der Waals surface area contributed by atoms with Crippen molar-refractivity contribution in [2.75, 3.05) is 19.6 Å². The third-order valence-corrected chi connectivity index (χ3v) is 2.91. The van der Waals surface area contributed by atoms with Crippen LogP contribution < -0.4 is 5.32 Å². The molecule has 0 aromatic heterocycles. The van der Waals surface area contributed by atoms with E-state index >= 15 is 0 Å². The van der Waals surface area contributed by atoms with E-state index in [0.717, 1.165) is 0 Å². The lowest BCUT2D eigenvalue weighted by molar-refractivity contribution is -0.129. The van der Waals surface area contributed by atoms with Crippen LogP contribution in [0.25, 0.3) is 0 Å². The average molecular weight is 258 g/mol. The van der Waals surface area contributed by atoms with Crippen LogP contribution in [-0.4, -0.2) is 30.4 Å². The predicted molar refractivity (Wildman–Crippen MR) is 79.8 cm³/mol. The van der Waals surface area contributed by atoms with Gasteiger partial charge in [0.2, 0.25) is 5.91 Å². The van der Waals surface area contributed by atoms with Gasteiger partial charge in [0, 0.05) is 19.1 Å². The Morgan fingerprint density at radius 3 is 2.37 bits per heavy atom. The molecule has 3 heteroatoms. The number of amides is 1. The lowest BCUT2D eigenvalue weighted by atomic mass is 10.1. The van der Waals surface area contributed by atoms with Gasteiger partial charge in [0.05, 0.1) is 6.54 Å². The van der Waals surface area contributed by atoms with Crippen LogP contribution in [0.2, 0.25) is 0 Å². The summed E-state index contributed by atoms with van der Waals surface area (Å²) in [5, 5.41) is 3.24. The van der Waals surface area contributed by atoms with Crippen molar-refractivity contribution in [1.82, 2.24) is 10.2 Å². The summed E-state index contributed by atoms with van der Waals surface area (Å²) in [5.41, 5.74) is 1.18. The van der Waals surface area contributed by atoms with Gasteiger partial charge in [-0.05, 0) is 12.5 Å². The van der Waals surface area contributed by atoms with Crippen molar-refractivity contribution in [3.8, 4) is 0 Å². The minimum atomic E-state index is 0.0579. The Bertz CT molecular complexity index is 404. The van der Waals surface area contributed by atoms with Gasteiger partial charge in [-0.25, -0.2) is 0 Å². The minimum absolute atomic E-state index is 0.0579. The topological polar surface area (TPSA) is 32.3 Å². The molecule has 0 radical (unpaired) electrons. The number of hydrogen-bond acceptors (Lipinski definition) is 2. The number of carbonyl (C=O) groups excluding carboxylic acids is 1. The monoisotopic (exact) mass is 258 g/mol. The molecule has 1 amide bonds. The smallest absolute Gasteiger partial charge is 0.237 e. The van der Waals surface area contributed by atoms with Gasteiger partial charge < -0.3 is 10.2 Å². The second kappa shape index (κ2) is 8.27. The Kier molecular flexibility index (Phi) is 6.61. The number of nitrogens with zero attached hydrogens (tertiary/aromatic N) is 1. The Morgan fingerprint density at radius 1 is 1.26 bits per heavy atom. The van der Waals surface area contributed by atoms with Crippen LogP contribution in [0.15, 0.2) is 55.6 Å². The van der Waals surface area contributed by atoms with E-state index in [1.807, 2.05) is 37.3 Å². The Hall–Kier alpha value is -1.87. The predicted octanol–water partition coefficient (Wildman–Crippen LogP) is 2.54. The molecule has 0 bridgehead atoms. The molecule has 0 fully saturated rings. The first-order valence-electron chi connectivity index (χ1n) is 6.47. The van der Waals surface area contributed by atoms with E-state index < -0.39 is 0 Å². The molecule has 1 atom stereocenters. The van der Waals surface area contributed by atoms with Crippen LogP contribution in [0.3, 0.4) is 0 Å². The van der Waals surface area contributed by atoms with Crippen molar-refractivity contribution in [1.29, 1.82) is 0 Å². The fourth-order valence-electron chi connectivity index (χ4n) is 1.80. The van der Waals surface area contributed by atoms with Crippen LogP contribution in [0, 0.1) is 0 Å². The quantitative estimate of drug-likeness (QED) is 0.727. The van der Waals surface area contributed by atoms with Crippen molar-refractivity contribution in [3.05, 3.63) is 61.2 Å². The van der Waals surface area contributed by atoms with Crippen LogP contribution in [0.4, 0.5) is 0 Å². The second-order valence-corrected chi connectivity index (χ2v) is 4.39. The first-order chi connectivity index (χ1) is 9.19. The van der Waals surface area contributed by atoms with E-state index in [1.54, 1.807) is 17.1 Å². The van der Waals surface area contributed by atoms with Gasteiger partial charge in [0.15, 0.2) is 0 Å². The molecule has 0 heterocycles. The molecule has 0 aliphatic heterocycles. The highest BCUT2D eigenvalue weighted by Gasteiger charge is 2.12. The second-order valence-electron chi connectivity index (χ2n) is 4.39. The Balaban J connectivity index is 2.48. The molecule has 0 spiro atoms. The van der Waals surface area contributed by atoms with E-state index in [0.29, 0.717) is 19.6 Å². The summed E-state index contributed by atoms with van der Waals surface area (Å²) in [7, 11) is 0. The van der Waals surface area contributed by atoms with E-state index in [-0.39, 0.29) is 11.9 Å². The molecule has 19 heavy (non-hydrogen) atoms. The zero-order valence-corrected chi connectivity index (χ0v) is 11.5. The van der Waals surface area contributed by atoms with Gasteiger partial charge in [-0.3, -0.25) is 4.79 Å². The molecule has 0 aliphatic carbocycles. The van der Waals surface area contributed by atoms with Crippen molar-refractivity contribution >= 4 is 5.91 Å². The van der Waals surface area contributed by atoms with Crippen molar-refractivity contribution in [3.63, 3.8) is 0 Å². The van der Waals surface area contributed by atoms with Gasteiger partial charge >= 0.3 is 0 Å². The highest BCUT2D eigenvalue weighted by atomic mass is 16.2. The van der Waals surface area contributed by atoms with Gasteiger partial charge in [0.25, 0.3) is 0 Å². The number of hydrogen-bond donors (Lipinski definition) is 1. The van der Waals surface area contributed by atoms with Crippen LogP contribution in [-0.2, 0) is 4.79 Å². The van der Waals surface area contributed by atoms with E-state index in [2.05, 4.69) is 18.5 Å². The lowest BCUT2D eigenvalue weighted by Gasteiger charge is -2.21. The summed E-state index contributed by atoms with van der Waals surface area (Å²) in [4.78, 5) is 13.7. The molecule has 0 saturated carbocycles. The zero-order valence-electron chi connectivity index (χ0n) is 11.5. The molecular formula is C16H22N2O. The third kappa shape index (κ3) is 5.10. The fourth-order valence-corrected chi connectivity index (χ4v) is 1.80. The summed E-state index contributed by atoms with van der Waals surface area (Å²) >= 11 is 0. The first kappa shape index (κ1) is 15.2. The molecule has 1 aromatic rings. The largest absolute Gasteiger partial charge is 0.334 e. The maximum Gasteiger partial charge on any atom is 0.237 e. The van der Waals surface area contributed by atoms with E-state index in [4.69, 9.17) is 0 Å². The molecule has 3 nitrogen and oxygen atoms in total. The molecule has 1 unspecified atom stereocenters. The van der Waals surface area contributed by atoms with Gasteiger partial charge in [-0.2, -0.15) is 0 Å². The van der Waals surface area contributed by atoms with Crippen molar-refractivity contribution in [2.24, 2.45) is 0 Å². The van der Waals surface area contributed by atoms with Crippen LogP contribution in [0.1, 0.15) is 18.5 Å². The number of nitrogens with one attached hydrogen (secondary N) is 1. The van der Waals surface area contributed by atoms with Crippen molar-refractivity contribution in [2.45, 2.75) is 13.0 Å². The molecule has 1 rings (SSSR count).